The zero-order chi connectivity index (χ0) is 17.9. The summed E-state index contributed by atoms with van der Waals surface area (Å²) in [6.07, 6.45) is 0.614. The van der Waals surface area contributed by atoms with Gasteiger partial charge in [-0.15, -0.1) is 11.3 Å². The van der Waals surface area contributed by atoms with Crippen LogP contribution in [0.5, 0.6) is 0 Å². The standard InChI is InChI=1S/C17H20N2O4S2/c20-17(21)18-10-4-6-14(12-18)13-19(15-7-2-1-3-8-15)25(22,23)16-9-5-11-24-16/h1-3,5,7-9,11,14H,4,6,10,12-13H2,(H,20,21). The van der Waals surface area contributed by atoms with Gasteiger partial charge in [-0.2, -0.15) is 0 Å². The lowest BCUT2D eigenvalue weighted by Crippen LogP contribution is -2.44. The molecule has 1 saturated heterocycles. The predicted octanol–water partition coefficient (Wildman–Crippen LogP) is 3.33. The Hall–Kier alpha value is -2.06. The molecule has 2 heterocycles. The highest BCUT2D eigenvalue weighted by Crippen LogP contribution is 2.29. The molecule has 1 unspecified atom stereocenters. The second kappa shape index (κ2) is 7.45. The molecule has 2 aromatic rings. The Labute approximate surface area is 151 Å². The minimum Gasteiger partial charge on any atom is -0.465 e. The van der Waals surface area contributed by atoms with E-state index in [-0.39, 0.29) is 12.5 Å². The van der Waals surface area contributed by atoms with Crippen LogP contribution in [-0.4, -0.2) is 44.2 Å². The maximum Gasteiger partial charge on any atom is 0.407 e. The van der Waals surface area contributed by atoms with Gasteiger partial charge in [0.15, 0.2) is 0 Å². The van der Waals surface area contributed by atoms with Gasteiger partial charge >= 0.3 is 6.09 Å². The normalized spacial score (nSPS) is 18.1. The van der Waals surface area contributed by atoms with Crippen LogP contribution in [0.2, 0.25) is 0 Å². The van der Waals surface area contributed by atoms with Crippen molar-refractivity contribution < 1.29 is 18.3 Å². The summed E-state index contributed by atoms with van der Waals surface area (Å²) in [5.74, 6) is -0.0280. The Morgan fingerprint density at radius 3 is 2.64 bits per heavy atom. The molecule has 1 aromatic heterocycles. The summed E-state index contributed by atoms with van der Waals surface area (Å²) < 4.78 is 27.9. The first-order valence-corrected chi connectivity index (χ1v) is 10.4. The van der Waals surface area contributed by atoms with Gasteiger partial charge in [-0.1, -0.05) is 24.3 Å². The summed E-state index contributed by atoms with van der Waals surface area (Å²) in [5.41, 5.74) is 0.600. The Balaban J connectivity index is 1.89. The van der Waals surface area contributed by atoms with E-state index in [4.69, 9.17) is 0 Å². The van der Waals surface area contributed by atoms with E-state index in [1.165, 1.54) is 20.5 Å². The van der Waals surface area contributed by atoms with Crippen LogP contribution in [0.25, 0.3) is 0 Å². The SMILES string of the molecule is O=C(O)N1CCCC(CN(c2ccccc2)S(=O)(=O)c2cccs2)C1. The Morgan fingerprint density at radius 2 is 2.00 bits per heavy atom. The topological polar surface area (TPSA) is 77.9 Å². The molecule has 3 rings (SSSR count). The van der Waals surface area contributed by atoms with Crippen molar-refractivity contribution in [3.8, 4) is 0 Å². The minimum absolute atomic E-state index is 0.0280. The van der Waals surface area contributed by atoms with Gasteiger partial charge in [-0.25, -0.2) is 13.2 Å². The fourth-order valence-electron chi connectivity index (χ4n) is 3.08. The van der Waals surface area contributed by atoms with Crippen LogP contribution >= 0.6 is 11.3 Å². The summed E-state index contributed by atoms with van der Waals surface area (Å²) in [5, 5.41) is 11.0. The zero-order valence-corrected chi connectivity index (χ0v) is 15.2. The van der Waals surface area contributed by atoms with E-state index >= 15 is 0 Å². The lowest BCUT2D eigenvalue weighted by atomic mass is 9.98. The van der Waals surface area contributed by atoms with Crippen LogP contribution in [0.3, 0.4) is 0 Å². The van der Waals surface area contributed by atoms with Gasteiger partial charge in [0.05, 0.1) is 5.69 Å². The molecule has 1 aliphatic heterocycles. The largest absolute Gasteiger partial charge is 0.465 e. The monoisotopic (exact) mass is 380 g/mol. The first-order valence-electron chi connectivity index (χ1n) is 8.07. The second-order valence-electron chi connectivity index (χ2n) is 6.04. The van der Waals surface area contributed by atoms with Crippen molar-refractivity contribution in [2.45, 2.75) is 17.1 Å². The molecule has 0 bridgehead atoms. The fourth-order valence-corrected chi connectivity index (χ4v) is 5.72. The third-order valence-electron chi connectivity index (χ3n) is 4.30. The molecule has 8 heteroatoms. The van der Waals surface area contributed by atoms with Gasteiger partial charge in [0.25, 0.3) is 10.0 Å². The van der Waals surface area contributed by atoms with E-state index in [9.17, 15) is 18.3 Å². The van der Waals surface area contributed by atoms with E-state index in [0.29, 0.717) is 23.0 Å². The van der Waals surface area contributed by atoms with Gasteiger partial charge in [0.1, 0.15) is 4.21 Å². The van der Waals surface area contributed by atoms with Crippen molar-refractivity contribution in [3.63, 3.8) is 0 Å². The number of para-hydroxylation sites is 1. The van der Waals surface area contributed by atoms with Crippen LogP contribution < -0.4 is 4.31 Å². The smallest absolute Gasteiger partial charge is 0.407 e. The number of nitrogens with zero attached hydrogens (tertiary/aromatic N) is 2. The van der Waals surface area contributed by atoms with Gasteiger partial charge < -0.3 is 10.0 Å². The van der Waals surface area contributed by atoms with Crippen molar-refractivity contribution in [1.82, 2.24) is 4.90 Å². The molecule has 1 aromatic carbocycles. The lowest BCUT2D eigenvalue weighted by Gasteiger charge is -2.34. The highest BCUT2D eigenvalue weighted by Gasteiger charge is 2.31. The molecule has 1 N–H and O–H groups in total. The number of rotatable bonds is 5. The number of hydrogen-bond donors (Lipinski definition) is 1. The summed E-state index contributed by atoms with van der Waals surface area (Å²) in [6, 6.07) is 12.3. The molecule has 0 spiro atoms. The van der Waals surface area contributed by atoms with E-state index in [1.54, 1.807) is 41.8 Å². The number of sulfonamides is 1. The van der Waals surface area contributed by atoms with Crippen molar-refractivity contribution in [2.75, 3.05) is 23.9 Å². The lowest BCUT2D eigenvalue weighted by molar-refractivity contribution is 0.121. The van der Waals surface area contributed by atoms with E-state index in [0.717, 1.165) is 12.8 Å². The highest BCUT2D eigenvalue weighted by molar-refractivity contribution is 7.94. The predicted molar refractivity (Wildman–Crippen MR) is 97.6 cm³/mol. The Bertz CT molecular complexity index is 806. The molecule has 1 atom stereocenters. The third kappa shape index (κ3) is 3.96. The maximum atomic E-state index is 13.1. The first-order chi connectivity index (χ1) is 12.0. The number of carbonyl (C=O) groups is 1. The number of carboxylic acid groups (broad SMARTS) is 1. The minimum atomic E-state index is -3.66. The molecule has 6 nitrogen and oxygen atoms in total. The molecule has 1 amide bonds. The number of amides is 1. The first kappa shape index (κ1) is 17.8. The van der Waals surface area contributed by atoms with Crippen LogP contribution in [0.1, 0.15) is 12.8 Å². The van der Waals surface area contributed by atoms with Crippen LogP contribution in [-0.2, 0) is 10.0 Å². The van der Waals surface area contributed by atoms with Crippen molar-refractivity contribution in [1.29, 1.82) is 0 Å². The summed E-state index contributed by atoms with van der Waals surface area (Å²) in [7, 11) is -3.66. The molecule has 1 aliphatic rings. The number of likely N-dealkylation sites (tertiary alicyclic amines) is 1. The molecule has 0 aliphatic carbocycles. The summed E-state index contributed by atoms with van der Waals surface area (Å²) in [4.78, 5) is 12.6. The number of hydrogen-bond acceptors (Lipinski definition) is 4. The quantitative estimate of drug-likeness (QED) is 0.863. The average Bonchev–Trinajstić information content (AvgIpc) is 3.16. The third-order valence-corrected chi connectivity index (χ3v) is 7.46. The van der Waals surface area contributed by atoms with Gasteiger partial charge in [-0.05, 0) is 42.3 Å². The Kier molecular flexibility index (Phi) is 5.29. The Morgan fingerprint density at radius 1 is 1.24 bits per heavy atom. The molecule has 0 saturated carbocycles. The number of piperidine rings is 1. The van der Waals surface area contributed by atoms with E-state index in [2.05, 4.69) is 0 Å². The van der Waals surface area contributed by atoms with Crippen molar-refractivity contribution in [2.24, 2.45) is 5.92 Å². The number of thiophene rings is 1. The molecular weight excluding hydrogens is 360 g/mol. The van der Waals surface area contributed by atoms with E-state index in [1.807, 2.05) is 6.07 Å². The molecule has 134 valence electrons. The van der Waals surface area contributed by atoms with Gasteiger partial charge in [0, 0.05) is 19.6 Å². The maximum absolute atomic E-state index is 13.1. The van der Waals surface area contributed by atoms with Crippen molar-refractivity contribution >= 4 is 33.1 Å². The number of benzene rings is 1. The average molecular weight is 380 g/mol. The molecule has 0 radical (unpaired) electrons. The summed E-state index contributed by atoms with van der Waals surface area (Å²) in [6.45, 7) is 1.14. The molecule has 1 fully saturated rings. The van der Waals surface area contributed by atoms with Crippen LogP contribution in [0.15, 0.2) is 52.1 Å². The van der Waals surface area contributed by atoms with Gasteiger partial charge in [0.2, 0.25) is 0 Å². The summed E-state index contributed by atoms with van der Waals surface area (Å²) >= 11 is 1.19. The molecule has 25 heavy (non-hydrogen) atoms. The number of anilines is 1. The second-order valence-corrected chi connectivity index (χ2v) is 9.08. The molecular formula is C17H20N2O4S2. The van der Waals surface area contributed by atoms with Crippen LogP contribution in [0, 0.1) is 5.92 Å². The van der Waals surface area contributed by atoms with Gasteiger partial charge in [-0.3, -0.25) is 4.31 Å². The highest BCUT2D eigenvalue weighted by atomic mass is 32.2. The fraction of sp³-hybridized carbons (Fsp3) is 0.353. The zero-order valence-electron chi connectivity index (χ0n) is 13.6. The van der Waals surface area contributed by atoms with E-state index < -0.39 is 16.1 Å². The van der Waals surface area contributed by atoms with Crippen molar-refractivity contribution in [3.05, 3.63) is 47.8 Å². The van der Waals surface area contributed by atoms with Crippen LogP contribution in [0.4, 0.5) is 10.5 Å².